The Bertz CT molecular complexity index is 1210. The van der Waals surface area contributed by atoms with Crippen LogP contribution in [0.15, 0.2) is 54.6 Å². The Kier molecular flexibility index (Phi) is 8.06. The molecule has 0 atom stereocenters. The molecule has 8 heteroatoms. The molecule has 0 spiro atoms. The van der Waals surface area contributed by atoms with Crippen LogP contribution in [-0.2, 0) is 6.61 Å². The van der Waals surface area contributed by atoms with Crippen LogP contribution >= 0.6 is 11.6 Å². The summed E-state index contributed by atoms with van der Waals surface area (Å²) in [5.41, 5.74) is 3.28. The smallest absolute Gasteiger partial charge is 1.00 e. The molecule has 1 heterocycles. The summed E-state index contributed by atoms with van der Waals surface area (Å²) < 4.78 is 33.4. The second-order valence-corrected chi connectivity index (χ2v) is 7.60. The van der Waals surface area contributed by atoms with Crippen LogP contribution in [0.25, 0.3) is 11.1 Å². The second-order valence-electron chi connectivity index (χ2n) is 7.17. The molecule has 0 fully saturated rings. The maximum Gasteiger partial charge on any atom is 1.00 e. The SMILES string of the molecule is O=C(O)c1cccc(C2=C(c3cc(Cl)ccc3OCc3cccc(F)c3F)CCC2)n1.[H-].[Na+]. The zero-order valence-electron chi connectivity index (χ0n) is 18.4. The predicted molar refractivity (Wildman–Crippen MR) is 115 cm³/mol. The Morgan fingerprint density at radius 1 is 1.09 bits per heavy atom. The first-order valence-electron chi connectivity index (χ1n) is 9.72. The van der Waals surface area contributed by atoms with Crippen molar-refractivity contribution in [3.8, 4) is 5.75 Å². The topological polar surface area (TPSA) is 59.4 Å². The zero-order chi connectivity index (χ0) is 22.0. The standard InChI is InChI=1S/C24H18ClF2NO3.Na.H/c25-15-10-11-22(31-13-14-4-1-7-19(26)23(14)27)18(12-15)16-5-2-6-17(16)20-8-3-9-21(28-20)24(29)30;;/h1,3-4,7-12H,2,5-6,13H2,(H,29,30);;/q;+1;-1. The summed E-state index contributed by atoms with van der Waals surface area (Å²) in [6, 6.07) is 14.0. The molecule has 1 aliphatic rings. The van der Waals surface area contributed by atoms with E-state index >= 15 is 0 Å². The molecule has 4 nitrogen and oxygen atoms in total. The van der Waals surface area contributed by atoms with Crippen LogP contribution < -0.4 is 34.3 Å². The number of halogens is 3. The monoisotopic (exact) mass is 465 g/mol. The third kappa shape index (κ3) is 5.21. The van der Waals surface area contributed by atoms with Gasteiger partial charge in [0.05, 0.1) is 5.69 Å². The summed E-state index contributed by atoms with van der Waals surface area (Å²) in [4.78, 5) is 15.6. The molecule has 0 bridgehead atoms. The van der Waals surface area contributed by atoms with E-state index in [1.807, 2.05) is 0 Å². The van der Waals surface area contributed by atoms with Crippen LogP contribution in [0.2, 0.25) is 5.02 Å². The van der Waals surface area contributed by atoms with Crippen LogP contribution in [0.1, 0.15) is 48.0 Å². The first kappa shape index (κ1) is 24.4. The van der Waals surface area contributed by atoms with Crippen LogP contribution in [0, 0.1) is 11.6 Å². The number of carboxylic acids is 1. The Morgan fingerprint density at radius 2 is 1.84 bits per heavy atom. The van der Waals surface area contributed by atoms with E-state index in [4.69, 9.17) is 16.3 Å². The maximum absolute atomic E-state index is 14.0. The molecule has 2 aromatic carbocycles. The van der Waals surface area contributed by atoms with Gasteiger partial charge >= 0.3 is 35.5 Å². The number of carbonyl (C=O) groups is 1. The molecular weight excluding hydrogens is 447 g/mol. The van der Waals surface area contributed by atoms with Crippen molar-refractivity contribution in [2.24, 2.45) is 0 Å². The normalized spacial score (nSPS) is 13.1. The van der Waals surface area contributed by atoms with Crippen molar-refractivity contribution in [2.75, 3.05) is 0 Å². The van der Waals surface area contributed by atoms with Gasteiger partial charge in [0.25, 0.3) is 0 Å². The van der Waals surface area contributed by atoms with Gasteiger partial charge in [0.2, 0.25) is 0 Å². The minimum Gasteiger partial charge on any atom is -1.00 e. The number of aromatic nitrogens is 1. The van der Waals surface area contributed by atoms with Crippen LogP contribution in [0.5, 0.6) is 5.75 Å². The number of ether oxygens (including phenoxy) is 1. The number of rotatable bonds is 6. The molecule has 0 aliphatic heterocycles. The third-order valence-electron chi connectivity index (χ3n) is 5.18. The van der Waals surface area contributed by atoms with E-state index in [1.165, 1.54) is 18.2 Å². The Morgan fingerprint density at radius 3 is 2.62 bits per heavy atom. The van der Waals surface area contributed by atoms with Gasteiger partial charge in [-0.05, 0) is 66.8 Å². The molecule has 32 heavy (non-hydrogen) atoms. The van der Waals surface area contributed by atoms with E-state index < -0.39 is 17.6 Å². The van der Waals surface area contributed by atoms with Gasteiger partial charge in [0.1, 0.15) is 18.1 Å². The van der Waals surface area contributed by atoms with Crippen LogP contribution in [0.3, 0.4) is 0 Å². The minimum atomic E-state index is -1.09. The van der Waals surface area contributed by atoms with Crippen molar-refractivity contribution in [1.29, 1.82) is 0 Å². The molecule has 1 aliphatic carbocycles. The molecule has 0 unspecified atom stereocenters. The minimum absolute atomic E-state index is 0. The number of pyridine rings is 1. The van der Waals surface area contributed by atoms with Gasteiger partial charge in [-0.15, -0.1) is 0 Å². The van der Waals surface area contributed by atoms with Crippen molar-refractivity contribution in [1.82, 2.24) is 4.98 Å². The fourth-order valence-corrected chi connectivity index (χ4v) is 3.90. The molecule has 4 rings (SSSR count). The molecule has 1 N–H and O–H groups in total. The number of carboxylic acid groups (broad SMARTS) is 1. The number of hydrogen-bond donors (Lipinski definition) is 1. The van der Waals surface area contributed by atoms with Crippen molar-refractivity contribution < 1.29 is 54.4 Å². The van der Waals surface area contributed by atoms with E-state index in [-0.39, 0.29) is 48.8 Å². The van der Waals surface area contributed by atoms with Gasteiger partial charge in [-0.1, -0.05) is 29.8 Å². The molecule has 3 aromatic rings. The van der Waals surface area contributed by atoms with Gasteiger partial charge in [-0.25, -0.2) is 18.6 Å². The van der Waals surface area contributed by atoms with Crippen molar-refractivity contribution >= 4 is 28.7 Å². The molecule has 0 saturated heterocycles. The predicted octanol–water partition coefficient (Wildman–Crippen LogP) is 3.50. The molecular formula is C24H19ClF2NNaO3. The zero-order valence-corrected chi connectivity index (χ0v) is 20.1. The number of hydrogen-bond acceptors (Lipinski definition) is 3. The van der Waals surface area contributed by atoms with E-state index in [9.17, 15) is 18.7 Å². The van der Waals surface area contributed by atoms with Crippen molar-refractivity contribution in [3.63, 3.8) is 0 Å². The quantitative estimate of drug-likeness (QED) is 0.566. The fraction of sp³-hybridized carbons (Fsp3) is 0.167. The van der Waals surface area contributed by atoms with Crippen molar-refractivity contribution in [2.45, 2.75) is 25.9 Å². The molecule has 0 amide bonds. The number of allylic oxidation sites excluding steroid dienone is 2. The number of nitrogens with zero attached hydrogens (tertiary/aromatic N) is 1. The van der Waals surface area contributed by atoms with Gasteiger partial charge < -0.3 is 11.3 Å². The summed E-state index contributed by atoms with van der Waals surface area (Å²) in [6.07, 6.45) is 2.34. The van der Waals surface area contributed by atoms with E-state index in [2.05, 4.69) is 4.98 Å². The van der Waals surface area contributed by atoms with Crippen molar-refractivity contribution in [3.05, 3.63) is 93.8 Å². The maximum atomic E-state index is 14.0. The van der Waals surface area contributed by atoms with E-state index in [0.717, 1.165) is 42.0 Å². The first-order valence-corrected chi connectivity index (χ1v) is 10.1. The Labute approximate surface area is 212 Å². The number of aromatic carboxylic acids is 1. The van der Waals surface area contributed by atoms with Crippen LogP contribution in [0.4, 0.5) is 8.78 Å². The van der Waals surface area contributed by atoms with Gasteiger partial charge in [-0.2, -0.15) is 0 Å². The summed E-state index contributed by atoms with van der Waals surface area (Å²) >= 11 is 6.24. The molecule has 0 radical (unpaired) electrons. The van der Waals surface area contributed by atoms with Gasteiger partial charge in [-0.3, -0.25) is 0 Å². The van der Waals surface area contributed by atoms with E-state index in [0.29, 0.717) is 16.5 Å². The summed E-state index contributed by atoms with van der Waals surface area (Å²) in [7, 11) is 0. The molecule has 160 valence electrons. The second kappa shape index (κ2) is 10.6. The summed E-state index contributed by atoms with van der Waals surface area (Å²) in [6.45, 7) is -0.145. The van der Waals surface area contributed by atoms with Gasteiger partial charge in [0, 0.05) is 16.1 Å². The summed E-state index contributed by atoms with van der Waals surface area (Å²) in [5, 5.41) is 9.77. The number of benzene rings is 2. The Balaban J connectivity index is 0.00000193. The molecule has 1 aromatic heterocycles. The Hall–Kier alpha value is -2.25. The molecule has 0 saturated carbocycles. The van der Waals surface area contributed by atoms with E-state index in [1.54, 1.807) is 30.3 Å². The first-order chi connectivity index (χ1) is 14.9. The average molecular weight is 466 g/mol. The largest absolute Gasteiger partial charge is 1.00 e. The van der Waals surface area contributed by atoms with Crippen LogP contribution in [-0.4, -0.2) is 16.1 Å². The third-order valence-corrected chi connectivity index (χ3v) is 5.41. The summed E-state index contributed by atoms with van der Waals surface area (Å²) in [5.74, 6) is -2.47. The van der Waals surface area contributed by atoms with Gasteiger partial charge in [0.15, 0.2) is 11.6 Å². The average Bonchev–Trinajstić information content (AvgIpc) is 3.25. The fourth-order valence-electron chi connectivity index (χ4n) is 3.72.